The van der Waals surface area contributed by atoms with Gasteiger partial charge in [-0.3, -0.25) is 9.59 Å². The molecule has 0 bridgehead atoms. The minimum absolute atomic E-state index is 0.131. The minimum Gasteiger partial charge on any atom is -0.382 e. The molecule has 13 heteroatoms. The summed E-state index contributed by atoms with van der Waals surface area (Å²) in [5.74, 6) is -9.01. The summed E-state index contributed by atoms with van der Waals surface area (Å²) in [5, 5.41) is 5.66. The average Bonchev–Trinajstić information content (AvgIpc) is 3.50. The highest BCUT2D eigenvalue weighted by atomic mass is 19.4. The van der Waals surface area contributed by atoms with Gasteiger partial charge < -0.3 is 15.5 Å². The molecule has 1 heterocycles. The van der Waals surface area contributed by atoms with E-state index in [-0.39, 0.29) is 22.9 Å². The molecule has 2 N–H and O–H groups in total. The second-order valence-corrected chi connectivity index (χ2v) is 11.8. The largest absolute Gasteiger partial charge is 0.416 e. The third kappa shape index (κ3) is 7.13. The van der Waals surface area contributed by atoms with Crippen LogP contribution in [0.15, 0.2) is 60.7 Å². The number of benzene rings is 3. The fourth-order valence-electron chi connectivity index (χ4n) is 6.36. The second kappa shape index (κ2) is 12.9. The smallest absolute Gasteiger partial charge is 0.382 e. The molecular formula is C33H31F8N3O2. The Morgan fingerprint density at radius 2 is 1.46 bits per heavy atom. The highest BCUT2D eigenvalue weighted by molar-refractivity contribution is 5.97. The van der Waals surface area contributed by atoms with E-state index in [0.29, 0.717) is 16.7 Å². The van der Waals surface area contributed by atoms with Crippen LogP contribution in [-0.4, -0.2) is 35.5 Å². The first-order valence-corrected chi connectivity index (χ1v) is 14.8. The minimum atomic E-state index is -4.92. The number of piperidine rings is 1. The normalized spacial score (nSPS) is 20.9. The van der Waals surface area contributed by atoms with Crippen molar-refractivity contribution < 1.29 is 44.7 Å². The van der Waals surface area contributed by atoms with Crippen LogP contribution >= 0.6 is 0 Å². The van der Waals surface area contributed by atoms with Gasteiger partial charge in [-0.25, -0.2) is 8.78 Å². The number of anilines is 2. The van der Waals surface area contributed by atoms with Gasteiger partial charge in [-0.1, -0.05) is 37.1 Å². The summed E-state index contributed by atoms with van der Waals surface area (Å²) in [5.41, 5.74) is -1.67. The molecule has 2 fully saturated rings. The number of halogens is 8. The van der Waals surface area contributed by atoms with Crippen molar-refractivity contribution in [1.82, 2.24) is 4.90 Å². The summed E-state index contributed by atoms with van der Waals surface area (Å²) in [6.07, 6.45) is -6.48. The van der Waals surface area contributed by atoms with Crippen LogP contribution in [0, 0.1) is 30.4 Å². The number of hydrogen-bond donors (Lipinski definition) is 2. The Morgan fingerprint density at radius 1 is 0.848 bits per heavy atom. The lowest BCUT2D eigenvalue weighted by Gasteiger charge is -2.45. The number of aryl methyl sites for hydroxylation is 1. The Kier molecular flexibility index (Phi) is 9.33. The van der Waals surface area contributed by atoms with Crippen LogP contribution in [0.5, 0.6) is 0 Å². The van der Waals surface area contributed by atoms with Crippen molar-refractivity contribution in [3.8, 4) is 0 Å². The molecule has 0 unspecified atom stereocenters. The number of hydrogen-bond acceptors (Lipinski definition) is 3. The van der Waals surface area contributed by atoms with Crippen LogP contribution in [0.4, 0.5) is 46.5 Å². The summed E-state index contributed by atoms with van der Waals surface area (Å²) in [6.45, 7) is 0.214. The van der Waals surface area contributed by atoms with Crippen LogP contribution < -0.4 is 10.6 Å². The number of likely N-dealkylation sites (tertiary alicyclic amines) is 1. The van der Waals surface area contributed by atoms with Crippen molar-refractivity contribution in [2.24, 2.45) is 11.8 Å². The van der Waals surface area contributed by atoms with Crippen molar-refractivity contribution in [2.75, 3.05) is 17.2 Å². The molecule has 0 radical (unpaired) electrons. The lowest BCUT2D eigenvalue weighted by molar-refractivity contribution is -0.193. The maximum Gasteiger partial charge on any atom is 0.416 e. The molecule has 3 aromatic carbocycles. The van der Waals surface area contributed by atoms with Crippen LogP contribution in [0.2, 0.25) is 0 Å². The van der Waals surface area contributed by atoms with Gasteiger partial charge in [0.15, 0.2) is 0 Å². The molecule has 5 nitrogen and oxygen atoms in total. The van der Waals surface area contributed by atoms with Crippen molar-refractivity contribution in [3.05, 3.63) is 94.6 Å². The van der Waals surface area contributed by atoms with E-state index in [4.69, 9.17) is 0 Å². The zero-order valence-electron chi connectivity index (χ0n) is 24.6. The van der Waals surface area contributed by atoms with Gasteiger partial charge in [0.05, 0.1) is 23.4 Å². The quantitative estimate of drug-likeness (QED) is 0.262. The SMILES string of the molecule is Cc1ccc(NC(=O)[C@@H]2C[C@H](C(F)(F)F)CN(C(=O)c3c(F)cccc3F)[C@@H]2c2ccc(NC3CCCC3)cc2)cc1C(F)(F)F. The predicted octanol–water partition coefficient (Wildman–Crippen LogP) is 8.67. The summed E-state index contributed by atoms with van der Waals surface area (Å²) in [6, 6.07) is 10.6. The van der Waals surface area contributed by atoms with E-state index in [9.17, 15) is 44.7 Å². The molecule has 3 atom stereocenters. The first kappa shape index (κ1) is 33.2. The summed E-state index contributed by atoms with van der Waals surface area (Å²) in [4.78, 5) is 28.1. The third-order valence-corrected chi connectivity index (χ3v) is 8.70. The molecule has 46 heavy (non-hydrogen) atoms. The maximum atomic E-state index is 14.8. The van der Waals surface area contributed by atoms with E-state index in [1.165, 1.54) is 25.1 Å². The fraction of sp³-hybridized carbons (Fsp3) is 0.394. The van der Waals surface area contributed by atoms with Crippen LogP contribution in [0.1, 0.15) is 65.2 Å². The number of nitrogens with one attached hydrogen (secondary N) is 2. The fourth-order valence-corrected chi connectivity index (χ4v) is 6.36. The van der Waals surface area contributed by atoms with Gasteiger partial charge in [0, 0.05) is 24.0 Å². The Bertz CT molecular complexity index is 1560. The van der Waals surface area contributed by atoms with Crippen molar-refractivity contribution in [3.63, 3.8) is 0 Å². The second-order valence-electron chi connectivity index (χ2n) is 11.8. The van der Waals surface area contributed by atoms with Gasteiger partial charge in [-0.15, -0.1) is 0 Å². The van der Waals surface area contributed by atoms with E-state index < -0.39 is 77.8 Å². The molecular weight excluding hydrogens is 622 g/mol. The van der Waals surface area contributed by atoms with E-state index in [0.717, 1.165) is 49.9 Å². The zero-order valence-corrected chi connectivity index (χ0v) is 24.6. The molecule has 3 aromatic rings. The molecule has 1 aliphatic carbocycles. The highest BCUT2D eigenvalue weighted by Gasteiger charge is 2.52. The van der Waals surface area contributed by atoms with Crippen molar-refractivity contribution in [1.29, 1.82) is 0 Å². The predicted molar refractivity (Wildman–Crippen MR) is 155 cm³/mol. The van der Waals surface area contributed by atoms with Crippen LogP contribution in [-0.2, 0) is 11.0 Å². The number of alkyl halides is 6. The van der Waals surface area contributed by atoms with Gasteiger partial charge in [-0.05, 0) is 73.7 Å². The van der Waals surface area contributed by atoms with Crippen LogP contribution in [0.3, 0.4) is 0 Å². The lowest BCUT2D eigenvalue weighted by atomic mass is 9.78. The number of carbonyl (C=O) groups excluding carboxylic acids is 2. The molecule has 1 saturated heterocycles. The molecule has 0 spiro atoms. The van der Waals surface area contributed by atoms with E-state index in [1.807, 2.05) is 0 Å². The standard InChI is InChI=1S/C33H31F8N3O2/c1-18-9-12-23(16-25(18)33(39,40)41)43-30(45)24-15-20(32(36,37)38)17-44(31(46)28-26(34)7-4-8-27(28)35)29(24)19-10-13-22(14-11-19)42-21-5-2-3-6-21/h4,7-14,16,20-21,24,29,42H,2-3,5-6,15,17H2,1H3,(H,43,45)/t20-,24+,29+/m0/s1. The highest BCUT2D eigenvalue weighted by Crippen LogP contribution is 2.45. The van der Waals surface area contributed by atoms with Gasteiger partial charge in [0.1, 0.15) is 17.2 Å². The topological polar surface area (TPSA) is 61.4 Å². The molecule has 2 amide bonds. The lowest BCUT2D eigenvalue weighted by Crippen LogP contribution is -2.52. The van der Waals surface area contributed by atoms with E-state index >= 15 is 0 Å². The van der Waals surface area contributed by atoms with Crippen molar-refractivity contribution in [2.45, 2.75) is 63.5 Å². The third-order valence-electron chi connectivity index (χ3n) is 8.70. The number of amides is 2. The summed E-state index contributed by atoms with van der Waals surface area (Å²) < 4.78 is 113. The number of nitrogens with zero attached hydrogens (tertiary/aromatic N) is 1. The Hall–Kier alpha value is -4.16. The molecule has 1 aliphatic heterocycles. The molecule has 2 aliphatic rings. The molecule has 5 rings (SSSR count). The first-order valence-electron chi connectivity index (χ1n) is 14.8. The Morgan fingerprint density at radius 3 is 2.04 bits per heavy atom. The Balaban J connectivity index is 1.57. The summed E-state index contributed by atoms with van der Waals surface area (Å²) in [7, 11) is 0. The van der Waals surface area contributed by atoms with Gasteiger partial charge in [-0.2, -0.15) is 26.3 Å². The van der Waals surface area contributed by atoms with Gasteiger partial charge >= 0.3 is 12.4 Å². The van der Waals surface area contributed by atoms with Gasteiger partial charge in [0.25, 0.3) is 5.91 Å². The molecule has 0 aromatic heterocycles. The average molecular weight is 654 g/mol. The number of carbonyl (C=O) groups is 2. The maximum absolute atomic E-state index is 14.8. The summed E-state index contributed by atoms with van der Waals surface area (Å²) >= 11 is 0. The molecule has 246 valence electrons. The first-order chi connectivity index (χ1) is 21.6. The van der Waals surface area contributed by atoms with E-state index in [2.05, 4.69) is 10.6 Å². The van der Waals surface area contributed by atoms with Crippen LogP contribution in [0.25, 0.3) is 0 Å². The zero-order chi connectivity index (χ0) is 33.4. The van der Waals surface area contributed by atoms with E-state index in [1.54, 1.807) is 12.1 Å². The van der Waals surface area contributed by atoms with Gasteiger partial charge in [0.2, 0.25) is 5.91 Å². The number of rotatable bonds is 6. The Labute approximate surface area is 260 Å². The van der Waals surface area contributed by atoms with Crippen molar-refractivity contribution >= 4 is 23.2 Å². The monoisotopic (exact) mass is 653 g/mol. The molecule has 1 saturated carbocycles.